The fourth-order valence-corrected chi connectivity index (χ4v) is 1.84. The molecular formula is C10H18N2O. The van der Waals surface area contributed by atoms with Crippen LogP contribution in [0.5, 0.6) is 0 Å². The van der Waals surface area contributed by atoms with E-state index in [9.17, 15) is 0 Å². The zero-order chi connectivity index (χ0) is 9.68. The second kappa shape index (κ2) is 5.21. The highest BCUT2D eigenvalue weighted by Gasteiger charge is 2.26. The zero-order valence-electron chi connectivity index (χ0n) is 8.16. The van der Waals surface area contributed by atoms with Gasteiger partial charge in [-0.3, -0.25) is 0 Å². The minimum absolute atomic E-state index is 0.189. The molecule has 2 N–H and O–H groups in total. The molecule has 0 amide bonds. The Labute approximate surface area is 79.8 Å². The smallest absolute Gasteiger partial charge is 0.0672 e. The summed E-state index contributed by atoms with van der Waals surface area (Å²) in [5, 5.41) is 21.2. The van der Waals surface area contributed by atoms with Crippen LogP contribution in [0.25, 0.3) is 0 Å². The number of aliphatic hydroxyl groups is 1. The first-order chi connectivity index (χ1) is 6.24. The fourth-order valence-electron chi connectivity index (χ4n) is 1.84. The van der Waals surface area contributed by atoms with Crippen LogP contribution in [0, 0.1) is 17.2 Å². The first kappa shape index (κ1) is 10.5. The van der Waals surface area contributed by atoms with E-state index in [0.717, 1.165) is 32.2 Å². The van der Waals surface area contributed by atoms with Gasteiger partial charge in [-0.05, 0) is 32.7 Å². The van der Waals surface area contributed by atoms with Crippen LogP contribution in [0.15, 0.2) is 0 Å². The fraction of sp³-hybridized carbons (Fsp3) is 0.900. The molecule has 0 spiro atoms. The molecule has 0 bridgehead atoms. The third-order valence-corrected chi connectivity index (χ3v) is 2.65. The number of nitrogens with one attached hydrogen (secondary N) is 1. The van der Waals surface area contributed by atoms with E-state index in [1.165, 1.54) is 0 Å². The molecule has 0 radical (unpaired) electrons. The second-order valence-corrected chi connectivity index (χ2v) is 3.86. The van der Waals surface area contributed by atoms with Crippen molar-refractivity contribution in [2.24, 2.45) is 5.92 Å². The molecule has 0 aromatic heterocycles. The van der Waals surface area contributed by atoms with E-state index >= 15 is 0 Å². The van der Waals surface area contributed by atoms with Gasteiger partial charge in [-0.25, -0.2) is 0 Å². The zero-order valence-corrected chi connectivity index (χ0v) is 8.16. The molecule has 3 unspecified atom stereocenters. The van der Waals surface area contributed by atoms with Gasteiger partial charge >= 0.3 is 0 Å². The van der Waals surface area contributed by atoms with Crippen LogP contribution in [0.1, 0.15) is 32.6 Å². The number of nitrogens with zero attached hydrogens (tertiary/aromatic N) is 1. The van der Waals surface area contributed by atoms with Crippen molar-refractivity contribution >= 4 is 0 Å². The Morgan fingerprint density at radius 2 is 2.38 bits per heavy atom. The standard InChI is InChI=1S/C10H18N2O/c1-8(13)5-6-12-10-4-2-3-9(10)7-11/h8-10,12-13H,2-6H2,1H3. The van der Waals surface area contributed by atoms with Gasteiger partial charge in [0, 0.05) is 6.04 Å². The number of hydrogen-bond acceptors (Lipinski definition) is 3. The van der Waals surface area contributed by atoms with E-state index < -0.39 is 0 Å². The van der Waals surface area contributed by atoms with Crippen LogP contribution in [0.4, 0.5) is 0 Å². The van der Waals surface area contributed by atoms with Crippen LogP contribution >= 0.6 is 0 Å². The SMILES string of the molecule is CC(O)CCNC1CCCC1C#N. The molecule has 3 heteroatoms. The summed E-state index contributed by atoms with van der Waals surface area (Å²) in [6.45, 7) is 2.61. The molecule has 1 saturated carbocycles. The highest BCUT2D eigenvalue weighted by molar-refractivity contribution is 4.96. The lowest BCUT2D eigenvalue weighted by atomic mass is 10.1. The molecule has 0 aromatic carbocycles. The van der Waals surface area contributed by atoms with Crippen molar-refractivity contribution in [2.75, 3.05) is 6.54 Å². The van der Waals surface area contributed by atoms with Crippen LogP contribution in [-0.2, 0) is 0 Å². The third-order valence-electron chi connectivity index (χ3n) is 2.65. The molecule has 3 nitrogen and oxygen atoms in total. The van der Waals surface area contributed by atoms with Crippen LogP contribution in [0.3, 0.4) is 0 Å². The van der Waals surface area contributed by atoms with Gasteiger partial charge in [-0.15, -0.1) is 0 Å². The molecule has 0 saturated heterocycles. The largest absolute Gasteiger partial charge is 0.393 e. The minimum atomic E-state index is -0.241. The Hall–Kier alpha value is -0.590. The highest BCUT2D eigenvalue weighted by Crippen LogP contribution is 2.24. The molecule has 3 atom stereocenters. The summed E-state index contributed by atoms with van der Waals surface area (Å²) in [6.07, 6.45) is 3.83. The Kier molecular flexibility index (Phi) is 4.20. The molecule has 0 aliphatic heterocycles. The maximum absolute atomic E-state index is 9.04. The monoisotopic (exact) mass is 182 g/mol. The van der Waals surface area contributed by atoms with Gasteiger partial charge in [-0.1, -0.05) is 6.42 Å². The van der Waals surface area contributed by atoms with E-state index in [0.29, 0.717) is 6.04 Å². The van der Waals surface area contributed by atoms with Gasteiger partial charge in [0.05, 0.1) is 18.1 Å². The van der Waals surface area contributed by atoms with E-state index in [4.69, 9.17) is 10.4 Å². The van der Waals surface area contributed by atoms with Gasteiger partial charge in [0.1, 0.15) is 0 Å². The Morgan fingerprint density at radius 3 is 3.00 bits per heavy atom. The quantitative estimate of drug-likeness (QED) is 0.683. The van der Waals surface area contributed by atoms with Gasteiger partial charge in [0.2, 0.25) is 0 Å². The summed E-state index contributed by atoms with van der Waals surface area (Å²) in [5.41, 5.74) is 0. The van der Waals surface area contributed by atoms with E-state index in [1.54, 1.807) is 6.92 Å². The average Bonchev–Trinajstić information content (AvgIpc) is 2.51. The van der Waals surface area contributed by atoms with Crippen LogP contribution in [-0.4, -0.2) is 23.8 Å². The topological polar surface area (TPSA) is 56.0 Å². The molecule has 0 aromatic rings. The third kappa shape index (κ3) is 3.33. The molecular weight excluding hydrogens is 164 g/mol. The number of rotatable bonds is 4. The summed E-state index contributed by atoms with van der Waals surface area (Å²) in [5.74, 6) is 0.189. The summed E-state index contributed by atoms with van der Waals surface area (Å²) in [4.78, 5) is 0. The molecule has 13 heavy (non-hydrogen) atoms. The minimum Gasteiger partial charge on any atom is -0.393 e. The van der Waals surface area contributed by atoms with Crippen LogP contribution < -0.4 is 5.32 Å². The number of nitriles is 1. The maximum Gasteiger partial charge on any atom is 0.0672 e. The second-order valence-electron chi connectivity index (χ2n) is 3.86. The molecule has 0 heterocycles. The van der Waals surface area contributed by atoms with Crippen molar-refractivity contribution in [3.05, 3.63) is 0 Å². The van der Waals surface area contributed by atoms with Crippen molar-refractivity contribution in [1.82, 2.24) is 5.32 Å². The summed E-state index contributed by atoms with van der Waals surface area (Å²) >= 11 is 0. The van der Waals surface area contributed by atoms with Crippen molar-refractivity contribution < 1.29 is 5.11 Å². The number of aliphatic hydroxyl groups excluding tert-OH is 1. The Balaban J connectivity index is 2.17. The normalized spacial score (nSPS) is 29.9. The predicted octanol–water partition coefficient (Wildman–Crippen LogP) is 1.04. The Morgan fingerprint density at radius 1 is 1.62 bits per heavy atom. The lowest BCUT2D eigenvalue weighted by Gasteiger charge is -2.15. The van der Waals surface area contributed by atoms with Crippen LogP contribution in [0.2, 0.25) is 0 Å². The summed E-state index contributed by atoms with van der Waals surface area (Å²) in [7, 11) is 0. The Bertz CT molecular complexity index is 186. The van der Waals surface area contributed by atoms with Gasteiger partial charge in [-0.2, -0.15) is 5.26 Å². The van der Waals surface area contributed by atoms with Crippen molar-refractivity contribution in [3.8, 4) is 6.07 Å². The molecule has 1 aliphatic carbocycles. The summed E-state index contributed by atoms with van der Waals surface area (Å²) in [6, 6.07) is 2.69. The lowest BCUT2D eigenvalue weighted by Crippen LogP contribution is -2.33. The van der Waals surface area contributed by atoms with Gasteiger partial charge < -0.3 is 10.4 Å². The predicted molar refractivity (Wildman–Crippen MR) is 51.0 cm³/mol. The average molecular weight is 182 g/mol. The van der Waals surface area contributed by atoms with Crippen molar-refractivity contribution in [1.29, 1.82) is 5.26 Å². The van der Waals surface area contributed by atoms with Gasteiger partial charge in [0.25, 0.3) is 0 Å². The van der Waals surface area contributed by atoms with E-state index in [2.05, 4.69) is 11.4 Å². The first-order valence-corrected chi connectivity index (χ1v) is 5.05. The molecule has 1 rings (SSSR count). The maximum atomic E-state index is 9.04. The molecule has 74 valence electrons. The highest BCUT2D eigenvalue weighted by atomic mass is 16.3. The first-order valence-electron chi connectivity index (χ1n) is 5.05. The molecule has 1 fully saturated rings. The van der Waals surface area contributed by atoms with E-state index in [-0.39, 0.29) is 12.0 Å². The van der Waals surface area contributed by atoms with Crippen molar-refractivity contribution in [3.63, 3.8) is 0 Å². The number of hydrogen-bond donors (Lipinski definition) is 2. The lowest BCUT2D eigenvalue weighted by molar-refractivity contribution is 0.181. The molecule has 1 aliphatic rings. The summed E-state index contributed by atoms with van der Waals surface area (Å²) < 4.78 is 0. The van der Waals surface area contributed by atoms with Crippen molar-refractivity contribution in [2.45, 2.75) is 44.8 Å². The van der Waals surface area contributed by atoms with Gasteiger partial charge in [0.15, 0.2) is 0 Å². The van der Waals surface area contributed by atoms with E-state index in [1.807, 2.05) is 0 Å².